The lowest BCUT2D eigenvalue weighted by atomic mass is 10.2. The number of hydrogen-bond donors (Lipinski definition) is 1. The van der Waals surface area contributed by atoms with Crippen molar-refractivity contribution in [2.24, 2.45) is 0 Å². The smallest absolute Gasteiger partial charge is 0.317 e. The van der Waals surface area contributed by atoms with Crippen molar-refractivity contribution in [1.29, 1.82) is 0 Å². The summed E-state index contributed by atoms with van der Waals surface area (Å²) in [5, 5.41) is 8.40. The minimum absolute atomic E-state index is 0.0824. The number of carbonyl (C=O) groups is 1. The molecule has 0 aliphatic rings. The molecule has 0 radical (unpaired) electrons. The monoisotopic (exact) mass is 157 g/mol. The van der Waals surface area contributed by atoms with Gasteiger partial charge in [-0.2, -0.15) is 0 Å². The second-order valence-corrected chi connectivity index (χ2v) is 2.67. The molecule has 3 nitrogen and oxygen atoms in total. The van der Waals surface area contributed by atoms with Gasteiger partial charge in [0.05, 0.1) is 6.54 Å². The van der Waals surface area contributed by atoms with E-state index in [0.717, 1.165) is 12.0 Å². The van der Waals surface area contributed by atoms with Crippen LogP contribution in [0.25, 0.3) is 0 Å². The number of carboxylic acids is 1. The standard InChI is InChI=1S/C8H15NO2/c1-4-7(2)5-9(3)6-8(10)11/h2,4-6H2,1,3H3,(H,10,11). The fourth-order valence-corrected chi connectivity index (χ4v) is 0.780. The largest absolute Gasteiger partial charge is 0.480 e. The third-order valence-electron chi connectivity index (χ3n) is 1.40. The Bertz CT molecular complexity index is 154. The summed E-state index contributed by atoms with van der Waals surface area (Å²) in [5.41, 5.74) is 1.06. The molecule has 11 heavy (non-hydrogen) atoms. The molecule has 0 aliphatic heterocycles. The fourth-order valence-electron chi connectivity index (χ4n) is 0.780. The highest BCUT2D eigenvalue weighted by molar-refractivity contribution is 5.69. The number of carboxylic acid groups (broad SMARTS) is 1. The molecule has 0 aromatic carbocycles. The van der Waals surface area contributed by atoms with E-state index in [1.54, 1.807) is 11.9 Å². The van der Waals surface area contributed by atoms with Crippen LogP contribution in [-0.4, -0.2) is 36.1 Å². The lowest BCUT2D eigenvalue weighted by Gasteiger charge is -2.14. The second-order valence-electron chi connectivity index (χ2n) is 2.67. The van der Waals surface area contributed by atoms with Crippen LogP contribution in [0.3, 0.4) is 0 Å². The molecular formula is C8H15NO2. The summed E-state index contributed by atoms with van der Waals surface area (Å²) in [6.07, 6.45) is 0.907. The molecule has 0 rings (SSSR count). The van der Waals surface area contributed by atoms with E-state index in [-0.39, 0.29) is 6.54 Å². The number of nitrogens with zero attached hydrogens (tertiary/aromatic N) is 1. The Balaban J connectivity index is 3.60. The van der Waals surface area contributed by atoms with E-state index in [2.05, 4.69) is 6.58 Å². The first-order chi connectivity index (χ1) is 5.06. The van der Waals surface area contributed by atoms with Crippen molar-refractivity contribution in [2.45, 2.75) is 13.3 Å². The normalized spacial score (nSPS) is 10.1. The maximum Gasteiger partial charge on any atom is 0.317 e. The third-order valence-corrected chi connectivity index (χ3v) is 1.40. The van der Waals surface area contributed by atoms with Gasteiger partial charge in [-0.05, 0) is 13.5 Å². The third kappa shape index (κ3) is 5.61. The SMILES string of the molecule is C=C(CC)CN(C)CC(=O)O. The van der Waals surface area contributed by atoms with Crippen LogP contribution in [0.5, 0.6) is 0 Å². The maximum absolute atomic E-state index is 10.2. The maximum atomic E-state index is 10.2. The van der Waals surface area contributed by atoms with Crippen molar-refractivity contribution in [3.8, 4) is 0 Å². The Morgan fingerprint density at radius 1 is 1.55 bits per heavy atom. The van der Waals surface area contributed by atoms with Gasteiger partial charge >= 0.3 is 5.97 Å². The molecule has 0 atom stereocenters. The Morgan fingerprint density at radius 3 is 2.45 bits per heavy atom. The lowest BCUT2D eigenvalue weighted by molar-refractivity contribution is -0.137. The van der Waals surface area contributed by atoms with Gasteiger partial charge in [0.15, 0.2) is 0 Å². The van der Waals surface area contributed by atoms with E-state index in [0.29, 0.717) is 6.54 Å². The van der Waals surface area contributed by atoms with Crippen LogP contribution in [0.2, 0.25) is 0 Å². The first-order valence-electron chi connectivity index (χ1n) is 3.63. The molecule has 0 unspecified atom stereocenters. The van der Waals surface area contributed by atoms with Gasteiger partial charge in [-0.3, -0.25) is 9.69 Å². The van der Waals surface area contributed by atoms with E-state index in [1.807, 2.05) is 6.92 Å². The van der Waals surface area contributed by atoms with Crippen LogP contribution in [0.1, 0.15) is 13.3 Å². The highest BCUT2D eigenvalue weighted by atomic mass is 16.4. The minimum atomic E-state index is -0.795. The van der Waals surface area contributed by atoms with Gasteiger partial charge < -0.3 is 5.11 Å². The molecule has 0 aromatic heterocycles. The topological polar surface area (TPSA) is 40.5 Å². The molecule has 0 spiro atoms. The fraction of sp³-hybridized carbons (Fsp3) is 0.625. The second kappa shape index (κ2) is 4.91. The summed E-state index contributed by atoms with van der Waals surface area (Å²) in [7, 11) is 1.77. The van der Waals surface area contributed by atoms with Crippen molar-refractivity contribution in [1.82, 2.24) is 4.90 Å². The zero-order valence-corrected chi connectivity index (χ0v) is 7.13. The van der Waals surface area contributed by atoms with Crippen LogP contribution in [0.15, 0.2) is 12.2 Å². The van der Waals surface area contributed by atoms with Gasteiger partial charge in [-0.1, -0.05) is 19.1 Å². The average molecular weight is 157 g/mol. The predicted octanol–water partition coefficient (Wildman–Crippen LogP) is 0.969. The van der Waals surface area contributed by atoms with Gasteiger partial charge in [0.2, 0.25) is 0 Å². The minimum Gasteiger partial charge on any atom is -0.480 e. The molecule has 3 heteroatoms. The number of rotatable bonds is 5. The van der Waals surface area contributed by atoms with Crippen molar-refractivity contribution < 1.29 is 9.90 Å². The molecule has 64 valence electrons. The molecular weight excluding hydrogens is 142 g/mol. The van der Waals surface area contributed by atoms with Gasteiger partial charge in [-0.15, -0.1) is 0 Å². The summed E-state index contributed by atoms with van der Waals surface area (Å²) >= 11 is 0. The number of likely N-dealkylation sites (N-methyl/N-ethyl adjacent to an activating group) is 1. The molecule has 1 N–H and O–H groups in total. The summed E-state index contributed by atoms with van der Waals surface area (Å²) in [5.74, 6) is -0.795. The molecule has 0 saturated heterocycles. The summed E-state index contributed by atoms with van der Waals surface area (Å²) < 4.78 is 0. The van der Waals surface area contributed by atoms with E-state index in [4.69, 9.17) is 5.11 Å². The lowest BCUT2D eigenvalue weighted by Crippen LogP contribution is -2.27. The van der Waals surface area contributed by atoms with Gasteiger partial charge in [0.25, 0.3) is 0 Å². The Morgan fingerprint density at radius 2 is 2.09 bits per heavy atom. The summed E-state index contributed by atoms with van der Waals surface area (Å²) in [4.78, 5) is 11.9. The van der Waals surface area contributed by atoms with E-state index in [1.165, 1.54) is 0 Å². The molecule has 0 aromatic rings. The zero-order valence-electron chi connectivity index (χ0n) is 7.13. The highest BCUT2D eigenvalue weighted by Crippen LogP contribution is 1.97. The zero-order chi connectivity index (χ0) is 8.85. The van der Waals surface area contributed by atoms with Crippen LogP contribution < -0.4 is 0 Å². The molecule has 0 bridgehead atoms. The Labute approximate surface area is 67.3 Å². The first kappa shape index (κ1) is 10.2. The van der Waals surface area contributed by atoms with E-state index < -0.39 is 5.97 Å². The van der Waals surface area contributed by atoms with E-state index in [9.17, 15) is 4.79 Å². The van der Waals surface area contributed by atoms with E-state index >= 15 is 0 Å². The van der Waals surface area contributed by atoms with Crippen LogP contribution >= 0.6 is 0 Å². The highest BCUT2D eigenvalue weighted by Gasteiger charge is 2.03. The Hall–Kier alpha value is -0.830. The van der Waals surface area contributed by atoms with Crippen LogP contribution in [-0.2, 0) is 4.79 Å². The Kier molecular flexibility index (Phi) is 4.54. The van der Waals surface area contributed by atoms with Crippen molar-refractivity contribution in [3.05, 3.63) is 12.2 Å². The van der Waals surface area contributed by atoms with Gasteiger partial charge in [0, 0.05) is 6.54 Å². The molecule has 0 saturated carbocycles. The molecule has 0 fully saturated rings. The quantitative estimate of drug-likeness (QED) is 0.604. The van der Waals surface area contributed by atoms with Gasteiger partial charge in [0.1, 0.15) is 0 Å². The summed E-state index contributed by atoms with van der Waals surface area (Å²) in [6.45, 7) is 6.55. The predicted molar refractivity (Wildman–Crippen MR) is 44.6 cm³/mol. The van der Waals surface area contributed by atoms with Crippen molar-refractivity contribution in [3.63, 3.8) is 0 Å². The molecule has 0 amide bonds. The molecule has 0 aliphatic carbocycles. The van der Waals surface area contributed by atoms with Gasteiger partial charge in [-0.25, -0.2) is 0 Å². The van der Waals surface area contributed by atoms with Crippen LogP contribution in [0.4, 0.5) is 0 Å². The average Bonchev–Trinajstić information content (AvgIpc) is 1.85. The molecule has 0 heterocycles. The first-order valence-corrected chi connectivity index (χ1v) is 3.63. The summed E-state index contributed by atoms with van der Waals surface area (Å²) in [6, 6.07) is 0. The number of aliphatic carboxylic acids is 1. The van der Waals surface area contributed by atoms with Crippen molar-refractivity contribution >= 4 is 5.97 Å². The number of hydrogen-bond acceptors (Lipinski definition) is 2. The van der Waals surface area contributed by atoms with Crippen LogP contribution in [0, 0.1) is 0 Å². The van der Waals surface area contributed by atoms with Crippen molar-refractivity contribution in [2.75, 3.05) is 20.1 Å².